The molecule has 3 aromatic rings. The number of aromatic nitrogens is 2. The van der Waals surface area contributed by atoms with Crippen LogP contribution in [0.5, 0.6) is 0 Å². The summed E-state index contributed by atoms with van der Waals surface area (Å²) >= 11 is 7.64. The minimum absolute atomic E-state index is 0.0549. The summed E-state index contributed by atoms with van der Waals surface area (Å²) in [4.78, 5) is 4.22. The first-order chi connectivity index (χ1) is 10.0. The molecule has 7 heteroatoms. The van der Waals surface area contributed by atoms with Crippen molar-refractivity contribution >= 4 is 45.2 Å². The number of halogens is 5. The van der Waals surface area contributed by atoms with Crippen LogP contribution in [0, 0.1) is 21.0 Å². The Morgan fingerprint density at radius 2 is 1.76 bits per heavy atom. The maximum atomic E-state index is 14.0. The zero-order valence-corrected chi connectivity index (χ0v) is 13.3. The molecule has 0 N–H and O–H groups in total. The topological polar surface area (TPSA) is 17.8 Å². The summed E-state index contributed by atoms with van der Waals surface area (Å²) in [6.45, 7) is 0. The van der Waals surface area contributed by atoms with E-state index in [1.165, 1.54) is 22.8 Å². The molecule has 0 fully saturated rings. The van der Waals surface area contributed by atoms with Gasteiger partial charge in [-0.3, -0.25) is 4.57 Å². The summed E-state index contributed by atoms with van der Waals surface area (Å²) in [5.41, 5.74) is 0.392. The van der Waals surface area contributed by atoms with Crippen LogP contribution in [0.1, 0.15) is 5.82 Å². The summed E-state index contributed by atoms with van der Waals surface area (Å²) in [7, 11) is 0. The van der Waals surface area contributed by atoms with Crippen molar-refractivity contribution in [2.24, 2.45) is 0 Å². The first kappa shape index (κ1) is 14.6. The molecule has 0 spiro atoms. The van der Waals surface area contributed by atoms with E-state index in [9.17, 15) is 13.2 Å². The fourth-order valence-electron chi connectivity index (χ4n) is 2.16. The van der Waals surface area contributed by atoms with Gasteiger partial charge in [-0.05, 0) is 40.8 Å². The largest absolute Gasteiger partial charge is 0.290 e. The molecular weight excluding hydrogens is 416 g/mol. The molecule has 21 heavy (non-hydrogen) atoms. The third kappa shape index (κ3) is 2.40. The molecule has 1 aromatic heterocycles. The van der Waals surface area contributed by atoms with Gasteiger partial charge in [-0.25, -0.2) is 18.2 Å². The van der Waals surface area contributed by atoms with Gasteiger partial charge in [-0.1, -0.05) is 6.07 Å². The number of alkyl halides is 1. The second-order valence-corrected chi connectivity index (χ2v) is 5.75. The molecule has 0 aliphatic carbocycles. The summed E-state index contributed by atoms with van der Waals surface area (Å²) in [5, 5.41) is 0. The highest BCUT2D eigenvalue weighted by Gasteiger charge is 2.19. The van der Waals surface area contributed by atoms with Gasteiger partial charge in [0.1, 0.15) is 29.0 Å². The van der Waals surface area contributed by atoms with E-state index in [0.717, 1.165) is 12.1 Å². The maximum absolute atomic E-state index is 14.0. The lowest BCUT2D eigenvalue weighted by atomic mass is 10.2. The van der Waals surface area contributed by atoms with Crippen molar-refractivity contribution in [3.63, 3.8) is 0 Å². The molecule has 0 saturated heterocycles. The molecule has 3 rings (SSSR count). The van der Waals surface area contributed by atoms with Crippen molar-refractivity contribution in [1.82, 2.24) is 9.55 Å². The highest BCUT2D eigenvalue weighted by molar-refractivity contribution is 14.1. The molecule has 0 aliphatic heterocycles. The Bertz CT molecular complexity index is 828. The van der Waals surface area contributed by atoms with Gasteiger partial charge in [-0.2, -0.15) is 0 Å². The van der Waals surface area contributed by atoms with E-state index in [2.05, 4.69) is 4.98 Å². The SMILES string of the molecule is Fc1cc2c(cc1I)nc(CCl)n2-c1c(F)cccc1F. The van der Waals surface area contributed by atoms with Crippen LogP contribution in [0.2, 0.25) is 0 Å². The van der Waals surface area contributed by atoms with Crippen molar-refractivity contribution in [3.05, 3.63) is 57.2 Å². The molecular formula is C14H7ClF3IN2. The van der Waals surface area contributed by atoms with Crippen molar-refractivity contribution < 1.29 is 13.2 Å². The zero-order valence-electron chi connectivity index (χ0n) is 10.4. The van der Waals surface area contributed by atoms with E-state index >= 15 is 0 Å². The highest BCUT2D eigenvalue weighted by atomic mass is 127. The van der Waals surface area contributed by atoms with Crippen LogP contribution in [-0.2, 0) is 5.88 Å². The monoisotopic (exact) mass is 422 g/mol. The Balaban J connectivity index is 2.43. The molecule has 2 nitrogen and oxygen atoms in total. The average Bonchev–Trinajstić information content (AvgIpc) is 2.77. The van der Waals surface area contributed by atoms with E-state index in [-0.39, 0.29) is 22.9 Å². The van der Waals surface area contributed by atoms with Crippen molar-refractivity contribution in [1.29, 1.82) is 0 Å². The van der Waals surface area contributed by atoms with Crippen LogP contribution in [0.25, 0.3) is 16.7 Å². The van der Waals surface area contributed by atoms with Crippen molar-refractivity contribution in [2.75, 3.05) is 0 Å². The minimum Gasteiger partial charge on any atom is -0.290 e. The molecule has 1 heterocycles. The number of para-hydroxylation sites is 1. The molecule has 0 atom stereocenters. The van der Waals surface area contributed by atoms with Gasteiger partial charge in [0.05, 0.1) is 20.5 Å². The Kier molecular flexibility index (Phi) is 3.83. The van der Waals surface area contributed by atoms with Crippen LogP contribution in [0.4, 0.5) is 13.2 Å². The summed E-state index contributed by atoms with van der Waals surface area (Å²) < 4.78 is 43.4. The van der Waals surface area contributed by atoms with Gasteiger partial charge < -0.3 is 0 Å². The van der Waals surface area contributed by atoms with E-state index < -0.39 is 17.5 Å². The lowest BCUT2D eigenvalue weighted by Gasteiger charge is -2.10. The number of fused-ring (bicyclic) bond motifs is 1. The van der Waals surface area contributed by atoms with Crippen LogP contribution in [0.15, 0.2) is 30.3 Å². The summed E-state index contributed by atoms with van der Waals surface area (Å²) in [6.07, 6.45) is 0. The third-order valence-corrected chi connectivity index (χ3v) is 4.11. The maximum Gasteiger partial charge on any atom is 0.150 e. The van der Waals surface area contributed by atoms with Gasteiger partial charge in [0, 0.05) is 6.07 Å². The smallest absolute Gasteiger partial charge is 0.150 e. The van der Waals surface area contributed by atoms with E-state index in [4.69, 9.17) is 11.6 Å². The van der Waals surface area contributed by atoms with Gasteiger partial charge >= 0.3 is 0 Å². The molecule has 0 bridgehead atoms. The second kappa shape index (κ2) is 5.49. The number of rotatable bonds is 2. The predicted octanol–water partition coefficient (Wildman–Crippen LogP) is 4.79. The first-order valence-corrected chi connectivity index (χ1v) is 7.51. The van der Waals surface area contributed by atoms with Crippen LogP contribution >= 0.6 is 34.2 Å². The summed E-state index contributed by atoms with van der Waals surface area (Å²) in [6, 6.07) is 6.23. The van der Waals surface area contributed by atoms with Crippen LogP contribution in [-0.4, -0.2) is 9.55 Å². The number of nitrogens with zero attached hydrogens (tertiary/aromatic N) is 2. The van der Waals surface area contributed by atoms with Crippen LogP contribution in [0.3, 0.4) is 0 Å². The third-order valence-electron chi connectivity index (χ3n) is 3.05. The standard InChI is InChI=1S/C14H7ClF3IN2/c15-6-13-20-11-5-10(19)9(18)4-12(11)21(13)14-7(16)2-1-3-8(14)17/h1-5H,6H2. The van der Waals surface area contributed by atoms with Gasteiger partial charge in [0.25, 0.3) is 0 Å². The zero-order chi connectivity index (χ0) is 15.1. The molecule has 0 aliphatic rings. The summed E-state index contributed by atoms with van der Waals surface area (Å²) in [5.74, 6) is -1.82. The van der Waals surface area contributed by atoms with E-state index in [0.29, 0.717) is 9.09 Å². The minimum atomic E-state index is -0.764. The number of imidazole rings is 1. The Morgan fingerprint density at radius 1 is 1.10 bits per heavy atom. The van der Waals surface area contributed by atoms with Crippen molar-refractivity contribution in [2.45, 2.75) is 5.88 Å². The Labute approximate surface area is 136 Å². The second-order valence-electron chi connectivity index (χ2n) is 4.32. The van der Waals surface area contributed by atoms with Crippen molar-refractivity contribution in [3.8, 4) is 5.69 Å². The Hall–Kier alpha value is -1.28. The van der Waals surface area contributed by atoms with Gasteiger partial charge in [0.15, 0.2) is 0 Å². The molecule has 2 aromatic carbocycles. The van der Waals surface area contributed by atoms with Gasteiger partial charge in [-0.15, -0.1) is 11.6 Å². The fourth-order valence-corrected chi connectivity index (χ4v) is 2.79. The van der Waals surface area contributed by atoms with Crippen LogP contribution < -0.4 is 0 Å². The van der Waals surface area contributed by atoms with E-state index in [1.807, 2.05) is 22.6 Å². The normalized spacial score (nSPS) is 11.3. The fraction of sp³-hybridized carbons (Fsp3) is 0.0714. The van der Waals surface area contributed by atoms with Gasteiger partial charge in [0.2, 0.25) is 0 Å². The quantitative estimate of drug-likeness (QED) is 0.429. The average molecular weight is 423 g/mol. The molecule has 0 amide bonds. The molecule has 108 valence electrons. The molecule has 0 radical (unpaired) electrons. The number of hydrogen-bond acceptors (Lipinski definition) is 1. The lowest BCUT2D eigenvalue weighted by molar-refractivity contribution is 0.568. The number of benzene rings is 2. The molecule has 0 unspecified atom stereocenters. The Morgan fingerprint density at radius 3 is 2.38 bits per heavy atom. The number of hydrogen-bond donors (Lipinski definition) is 0. The highest BCUT2D eigenvalue weighted by Crippen LogP contribution is 2.28. The first-order valence-electron chi connectivity index (χ1n) is 5.89. The lowest BCUT2D eigenvalue weighted by Crippen LogP contribution is -2.05. The molecule has 0 saturated carbocycles. The predicted molar refractivity (Wildman–Crippen MR) is 83.2 cm³/mol. The van der Waals surface area contributed by atoms with E-state index in [1.54, 1.807) is 0 Å².